The Morgan fingerprint density at radius 3 is 2.78 bits per heavy atom. The minimum atomic E-state index is 0.840. The molecule has 0 aliphatic carbocycles. The maximum atomic E-state index is 4.67. The van der Waals surface area contributed by atoms with Crippen LogP contribution in [0.25, 0.3) is 11.3 Å². The van der Waals surface area contributed by atoms with Gasteiger partial charge in [0.25, 0.3) is 0 Å². The number of aromatic amines is 1. The summed E-state index contributed by atoms with van der Waals surface area (Å²) in [7, 11) is 0. The molecule has 1 aliphatic heterocycles. The molecular weight excluding hydrogens is 226 g/mol. The minimum Gasteiger partial charge on any atom is -0.367 e. The number of aryl methyl sites for hydroxylation is 1. The monoisotopic (exact) mass is 243 g/mol. The van der Waals surface area contributed by atoms with Crippen molar-refractivity contribution in [3.8, 4) is 11.3 Å². The summed E-state index contributed by atoms with van der Waals surface area (Å²) in [4.78, 5) is 14.5. The Morgan fingerprint density at radius 2 is 2.06 bits per heavy atom. The lowest BCUT2D eigenvalue weighted by Gasteiger charge is -2.27. The van der Waals surface area contributed by atoms with Gasteiger partial charge in [-0.2, -0.15) is 0 Å². The number of hydrogen-bond donors (Lipinski definition) is 2. The van der Waals surface area contributed by atoms with Gasteiger partial charge in [-0.05, 0) is 19.1 Å². The maximum absolute atomic E-state index is 4.67. The van der Waals surface area contributed by atoms with Gasteiger partial charge in [-0.3, -0.25) is 0 Å². The molecule has 0 atom stereocenters. The zero-order chi connectivity index (χ0) is 12.4. The van der Waals surface area contributed by atoms with E-state index < -0.39 is 0 Å². The zero-order valence-electron chi connectivity index (χ0n) is 10.5. The largest absolute Gasteiger partial charge is 0.367 e. The molecule has 0 saturated carbocycles. The highest BCUT2D eigenvalue weighted by molar-refractivity contribution is 5.60. The van der Waals surface area contributed by atoms with Crippen LogP contribution in [0.5, 0.6) is 0 Å². The van der Waals surface area contributed by atoms with E-state index in [1.165, 1.54) is 0 Å². The molecule has 0 aromatic carbocycles. The summed E-state index contributed by atoms with van der Waals surface area (Å²) >= 11 is 0. The van der Waals surface area contributed by atoms with Gasteiger partial charge in [0.05, 0.1) is 5.69 Å². The molecule has 94 valence electrons. The van der Waals surface area contributed by atoms with E-state index in [1.807, 2.05) is 31.5 Å². The smallest absolute Gasteiger partial charge is 0.226 e. The first kappa shape index (κ1) is 11.2. The molecule has 0 spiro atoms. The van der Waals surface area contributed by atoms with Gasteiger partial charge < -0.3 is 15.2 Å². The molecule has 2 N–H and O–H groups in total. The normalized spacial score (nSPS) is 15.9. The molecule has 0 unspecified atom stereocenters. The molecule has 1 aliphatic rings. The Balaban J connectivity index is 1.95. The van der Waals surface area contributed by atoms with Crippen molar-refractivity contribution < 1.29 is 0 Å². The summed E-state index contributed by atoms with van der Waals surface area (Å²) in [5.74, 6) is 0.840. The molecule has 0 amide bonds. The summed E-state index contributed by atoms with van der Waals surface area (Å²) in [5, 5.41) is 3.34. The number of rotatable bonds is 2. The first-order valence-electron chi connectivity index (χ1n) is 6.27. The molecule has 5 heteroatoms. The van der Waals surface area contributed by atoms with Crippen molar-refractivity contribution in [2.75, 3.05) is 31.1 Å². The van der Waals surface area contributed by atoms with E-state index in [4.69, 9.17) is 0 Å². The Morgan fingerprint density at radius 1 is 1.22 bits per heavy atom. The van der Waals surface area contributed by atoms with Crippen LogP contribution in [0.2, 0.25) is 0 Å². The van der Waals surface area contributed by atoms with Gasteiger partial charge in [-0.15, -0.1) is 0 Å². The van der Waals surface area contributed by atoms with Crippen LogP contribution in [0, 0.1) is 6.92 Å². The maximum Gasteiger partial charge on any atom is 0.226 e. The third-order valence-corrected chi connectivity index (χ3v) is 3.14. The van der Waals surface area contributed by atoms with Gasteiger partial charge in [-0.25, -0.2) is 9.97 Å². The molecule has 3 heterocycles. The fourth-order valence-corrected chi connectivity index (χ4v) is 2.19. The molecule has 3 rings (SSSR count). The van der Waals surface area contributed by atoms with Crippen LogP contribution >= 0.6 is 0 Å². The Kier molecular flexibility index (Phi) is 2.98. The summed E-state index contributed by atoms with van der Waals surface area (Å²) in [6, 6.07) is 4.05. The third kappa shape index (κ3) is 2.22. The number of piperazine rings is 1. The topological polar surface area (TPSA) is 56.8 Å². The number of nitrogens with zero attached hydrogens (tertiary/aromatic N) is 3. The highest BCUT2D eigenvalue weighted by Crippen LogP contribution is 2.20. The van der Waals surface area contributed by atoms with Crippen molar-refractivity contribution in [1.29, 1.82) is 0 Å². The van der Waals surface area contributed by atoms with E-state index in [9.17, 15) is 0 Å². The van der Waals surface area contributed by atoms with Gasteiger partial charge in [-0.1, -0.05) is 0 Å². The van der Waals surface area contributed by atoms with Crippen LogP contribution in [-0.2, 0) is 0 Å². The number of aromatic nitrogens is 3. The van der Waals surface area contributed by atoms with E-state index >= 15 is 0 Å². The Bertz CT molecular complexity index is 514. The molecule has 2 aromatic rings. The first-order chi connectivity index (χ1) is 8.83. The zero-order valence-corrected chi connectivity index (χ0v) is 10.5. The van der Waals surface area contributed by atoms with Crippen LogP contribution in [0.3, 0.4) is 0 Å². The van der Waals surface area contributed by atoms with Crippen molar-refractivity contribution >= 4 is 5.95 Å². The van der Waals surface area contributed by atoms with E-state index in [1.54, 1.807) is 0 Å². The molecule has 1 fully saturated rings. The SMILES string of the molecule is Cc1cc(-c2cc[nH]c2)nc(N2CCNCC2)n1. The molecule has 5 nitrogen and oxygen atoms in total. The Labute approximate surface area is 106 Å². The molecular formula is C13H17N5. The second-order valence-corrected chi connectivity index (χ2v) is 4.53. The number of hydrogen-bond acceptors (Lipinski definition) is 4. The summed E-state index contributed by atoms with van der Waals surface area (Å²) in [6.45, 7) is 5.95. The van der Waals surface area contributed by atoms with E-state index in [0.717, 1.165) is 49.1 Å². The van der Waals surface area contributed by atoms with Crippen LogP contribution in [-0.4, -0.2) is 41.1 Å². The lowest BCUT2D eigenvalue weighted by atomic mass is 10.2. The average Bonchev–Trinajstić information content (AvgIpc) is 2.93. The van der Waals surface area contributed by atoms with Gasteiger partial charge in [0.15, 0.2) is 0 Å². The predicted molar refractivity (Wildman–Crippen MR) is 71.6 cm³/mol. The predicted octanol–water partition coefficient (Wildman–Crippen LogP) is 1.19. The quantitative estimate of drug-likeness (QED) is 0.832. The number of H-pyrrole nitrogens is 1. The van der Waals surface area contributed by atoms with E-state index in [-0.39, 0.29) is 0 Å². The molecule has 2 aromatic heterocycles. The molecule has 0 bridgehead atoms. The highest BCUT2D eigenvalue weighted by Gasteiger charge is 2.14. The molecule has 1 saturated heterocycles. The fraction of sp³-hybridized carbons (Fsp3) is 0.385. The minimum absolute atomic E-state index is 0.840. The lowest BCUT2D eigenvalue weighted by Crippen LogP contribution is -2.44. The summed E-state index contributed by atoms with van der Waals surface area (Å²) in [5.41, 5.74) is 3.10. The second kappa shape index (κ2) is 4.78. The van der Waals surface area contributed by atoms with Crippen molar-refractivity contribution in [3.05, 3.63) is 30.2 Å². The highest BCUT2D eigenvalue weighted by atomic mass is 15.3. The van der Waals surface area contributed by atoms with Crippen molar-refractivity contribution in [2.45, 2.75) is 6.92 Å². The van der Waals surface area contributed by atoms with Crippen molar-refractivity contribution in [3.63, 3.8) is 0 Å². The van der Waals surface area contributed by atoms with Crippen LogP contribution in [0.4, 0.5) is 5.95 Å². The van der Waals surface area contributed by atoms with Crippen molar-refractivity contribution in [2.24, 2.45) is 0 Å². The van der Waals surface area contributed by atoms with Crippen LogP contribution in [0.1, 0.15) is 5.69 Å². The van der Waals surface area contributed by atoms with E-state index in [2.05, 4.69) is 25.2 Å². The van der Waals surface area contributed by atoms with Gasteiger partial charge in [0.1, 0.15) is 0 Å². The van der Waals surface area contributed by atoms with Gasteiger partial charge >= 0.3 is 0 Å². The van der Waals surface area contributed by atoms with Gasteiger partial charge in [0.2, 0.25) is 5.95 Å². The van der Waals surface area contributed by atoms with Crippen LogP contribution < -0.4 is 10.2 Å². The summed E-state index contributed by atoms with van der Waals surface area (Å²) < 4.78 is 0. The van der Waals surface area contributed by atoms with Crippen LogP contribution in [0.15, 0.2) is 24.5 Å². The molecule has 18 heavy (non-hydrogen) atoms. The molecule has 0 radical (unpaired) electrons. The van der Waals surface area contributed by atoms with E-state index in [0.29, 0.717) is 0 Å². The second-order valence-electron chi connectivity index (χ2n) is 4.53. The number of nitrogens with one attached hydrogen (secondary N) is 2. The first-order valence-corrected chi connectivity index (χ1v) is 6.27. The Hall–Kier alpha value is -1.88. The fourth-order valence-electron chi connectivity index (χ4n) is 2.19. The summed E-state index contributed by atoms with van der Waals surface area (Å²) in [6.07, 6.45) is 3.88. The van der Waals surface area contributed by atoms with Gasteiger partial charge in [0, 0.05) is 49.8 Å². The standard InChI is InChI=1S/C13H17N5/c1-10-8-12(11-2-3-15-9-11)17-13(16-10)18-6-4-14-5-7-18/h2-3,8-9,14-15H,4-7H2,1H3. The third-order valence-electron chi connectivity index (χ3n) is 3.14. The number of anilines is 1. The van der Waals surface area contributed by atoms with Crippen molar-refractivity contribution in [1.82, 2.24) is 20.3 Å². The lowest BCUT2D eigenvalue weighted by molar-refractivity contribution is 0.579. The average molecular weight is 243 g/mol.